The number of carboxylic acid groups (broad SMARTS) is 1. The van der Waals surface area contributed by atoms with Gasteiger partial charge in [0.15, 0.2) is 0 Å². The second-order valence-electron chi connectivity index (χ2n) is 11.4. The minimum absolute atomic E-state index is 0.0957. The van der Waals surface area contributed by atoms with Crippen molar-refractivity contribution < 1.29 is 25.2 Å². The van der Waals surface area contributed by atoms with Crippen LogP contribution in [0.25, 0.3) is 0 Å². The Bertz CT molecular complexity index is 637. The Labute approximate surface area is 174 Å². The molecule has 0 amide bonds. The third kappa shape index (κ3) is 3.27. The third-order valence-electron chi connectivity index (χ3n) is 10.3. The largest absolute Gasteiger partial charge is 0.481 e. The molecule has 0 aliphatic heterocycles. The van der Waals surface area contributed by atoms with E-state index in [0.717, 1.165) is 44.9 Å². The number of aliphatic hydroxyl groups excluding tert-OH is 3. The molecule has 4 fully saturated rings. The van der Waals surface area contributed by atoms with E-state index in [1.807, 2.05) is 0 Å². The molecule has 0 heterocycles. The average Bonchev–Trinajstić information content (AvgIpc) is 3.01. The SMILES string of the molecule is C[C@H](CCC(=O)O)[C@H]1CC[C@@H]2[C@@H]3[C@H](O)C[C@@H]4C[C@H](O)CC[C@]4(C)[C@H]3C[C@H](O)[C@@]21C. The first kappa shape index (κ1) is 21.6. The molecular weight excluding hydrogens is 368 g/mol. The van der Waals surface area contributed by atoms with Crippen molar-refractivity contribution in [1.29, 1.82) is 0 Å². The van der Waals surface area contributed by atoms with Crippen LogP contribution in [0.1, 0.15) is 78.6 Å². The van der Waals surface area contributed by atoms with E-state index in [2.05, 4.69) is 20.8 Å². The van der Waals surface area contributed by atoms with Crippen LogP contribution < -0.4 is 0 Å². The highest BCUT2D eigenvalue weighted by atomic mass is 16.4. The lowest BCUT2D eigenvalue weighted by Crippen LogP contribution is -2.62. The highest BCUT2D eigenvalue weighted by molar-refractivity contribution is 5.66. The number of hydrogen-bond acceptors (Lipinski definition) is 4. The molecule has 0 aromatic carbocycles. The zero-order chi connectivity index (χ0) is 21.1. The van der Waals surface area contributed by atoms with Crippen molar-refractivity contribution in [2.75, 3.05) is 0 Å². The second kappa shape index (κ2) is 7.49. The van der Waals surface area contributed by atoms with Crippen molar-refractivity contribution in [2.24, 2.45) is 46.3 Å². The number of carboxylic acids is 1. The summed E-state index contributed by atoms with van der Waals surface area (Å²) in [6.07, 6.45) is 6.00. The van der Waals surface area contributed by atoms with Gasteiger partial charge in [0.25, 0.3) is 0 Å². The van der Waals surface area contributed by atoms with Gasteiger partial charge in [0, 0.05) is 6.42 Å². The topological polar surface area (TPSA) is 98.0 Å². The molecule has 0 radical (unpaired) electrons. The van der Waals surface area contributed by atoms with Crippen molar-refractivity contribution in [1.82, 2.24) is 0 Å². The van der Waals surface area contributed by atoms with Gasteiger partial charge in [-0.25, -0.2) is 0 Å². The third-order valence-corrected chi connectivity index (χ3v) is 10.3. The molecule has 166 valence electrons. The summed E-state index contributed by atoms with van der Waals surface area (Å²) in [5.41, 5.74) is -0.143. The van der Waals surface area contributed by atoms with Gasteiger partial charge in [0.2, 0.25) is 0 Å². The van der Waals surface area contributed by atoms with Crippen molar-refractivity contribution in [2.45, 2.75) is 96.9 Å². The molecule has 0 bridgehead atoms. The summed E-state index contributed by atoms with van der Waals surface area (Å²) >= 11 is 0. The van der Waals surface area contributed by atoms with Crippen molar-refractivity contribution >= 4 is 5.97 Å². The van der Waals surface area contributed by atoms with E-state index < -0.39 is 12.1 Å². The molecule has 0 saturated heterocycles. The molecule has 0 spiro atoms. The molecule has 0 unspecified atom stereocenters. The Morgan fingerprint density at radius 1 is 1.03 bits per heavy atom. The fourth-order valence-corrected chi connectivity index (χ4v) is 8.68. The van der Waals surface area contributed by atoms with Crippen LogP contribution in [-0.2, 0) is 4.79 Å². The van der Waals surface area contributed by atoms with Gasteiger partial charge in [-0.1, -0.05) is 20.8 Å². The van der Waals surface area contributed by atoms with E-state index in [-0.39, 0.29) is 41.3 Å². The number of rotatable bonds is 4. The Hall–Kier alpha value is -0.650. The highest BCUT2D eigenvalue weighted by Gasteiger charge is 2.65. The second-order valence-corrected chi connectivity index (χ2v) is 11.4. The van der Waals surface area contributed by atoms with Gasteiger partial charge in [0.1, 0.15) is 0 Å². The predicted octanol–water partition coefficient (Wildman–Crippen LogP) is 3.45. The number of fused-ring (bicyclic) bond motifs is 5. The molecule has 4 rings (SSSR count). The average molecular weight is 409 g/mol. The van der Waals surface area contributed by atoms with Gasteiger partial charge in [-0.3, -0.25) is 4.79 Å². The van der Waals surface area contributed by atoms with Crippen LogP contribution in [0.5, 0.6) is 0 Å². The molecule has 0 aromatic heterocycles. The molecule has 5 heteroatoms. The molecule has 4 N–H and O–H groups in total. The Kier molecular flexibility index (Phi) is 5.57. The first-order valence-corrected chi connectivity index (χ1v) is 11.8. The number of carbonyl (C=O) groups is 1. The van der Waals surface area contributed by atoms with Gasteiger partial charge >= 0.3 is 5.97 Å². The Morgan fingerprint density at radius 3 is 2.45 bits per heavy atom. The Morgan fingerprint density at radius 2 is 1.76 bits per heavy atom. The monoisotopic (exact) mass is 408 g/mol. The lowest BCUT2D eigenvalue weighted by molar-refractivity contribution is -0.207. The summed E-state index contributed by atoms with van der Waals surface area (Å²) in [4.78, 5) is 11.1. The van der Waals surface area contributed by atoms with Gasteiger partial charge in [-0.05, 0) is 97.7 Å². The van der Waals surface area contributed by atoms with Crippen LogP contribution in [0, 0.1) is 46.3 Å². The fraction of sp³-hybridized carbons (Fsp3) is 0.958. The summed E-state index contributed by atoms with van der Waals surface area (Å²) in [6.45, 7) is 6.72. The molecule has 29 heavy (non-hydrogen) atoms. The standard InChI is InChI=1S/C24H40O5/c1-13(4-7-21(28)29)16-5-6-17-22-18(12-20(27)24(16,17)3)23(2)9-8-15(25)10-14(23)11-19(22)26/h13-20,22,25-27H,4-12H2,1-3H3,(H,28,29)/t13-,14+,15-,16-,17-,18+,19-,20+,22+,23+,24-/m1/s1. The number of hydrogen-bond donors (Lipinski definition) is 4. The number of aliphatic carboxylic acids is 1. The van der Waals surface area contributed by atoms with Gasteiger partial charge in [-0.2, -0.15) is 0 Å². The van der Waals surface area contributed by atoms with Gasteiger partial charge < -0.3 is 20.4 Å². The molecule has 0 aromatic rings. The predicted molar refractivity (Wildman–Crippen MR) is 110 cm³/mol. The maximum atomic E-state index is 11.5. The van der Waals surface area contributed by atoms with E-state index in [1.165, 1.54) is 0 Å². The maximum absolute atomic E-state index is 11.5. The van der Waals surface area contributed by atoms with Crippen molar-refractivity contribution in [3.8, 4) is 0 Å². The molecular formula is C24H40O5. The molecule has 5 nitrogen and oxygen atoms in total. The fourth-order valence-electron chi connectivity index (χ4n) is 8.68. The lowest BCUT2D eigenvalue weighted by atomic mass is 9.43. The first-order valence-electron chi connectivity index (χ1n) is 11.8. The molecule has 11 atom stereocenters. The summed E-state index contributed by atoms with van der Waals surface area (Å²) in [5, 5.41) is 42.0. The van der Waals surface area contributed by atoms with Crippen LogP contribution in [0.3, 0.4) is 0 Å². The smallest absolute Gasteiger partial charge is 0.303 e. The first-order chi connectivity index (χ1) is 13.6. The minimum Gasteiger partial charge on any atom is -0.481 e. The van der Waals surface area contributed by atoms with E-state index in [4.69, 9.17) is 5.11 Å². The van der Waals surface area contributed by atoms with Crippen LogP contribution >= 0.6 is 0 Å². The minimum atomic E-state index is -0.748. The zero-order valence-electron chi connectivity index (χ0n) is 18.3. The molecule has 4 saturated carbocycles. The van der Waals surface area contributed by atoms with Crippen molar-refractivity contribution in [3.63, 3.8) is 0 Å². The number of aliphatic hydroxyl groups is 3. The van der Waals surface area contributed by atoms with Gasteiger partial charge in [-0.15, -0.1) is 0 Å². The van der Waals surface area contributed by atoms with E-state index in [0.29, 0.717) is 30.1 Å². The molecule has 4 aliphatic carbocycles. The Balaban J connectivity index is 1.61. The molecule has 4 aliphatic rings. The van der Waals surface area contributed by atoms with Gasteiger partial charge in [0.05, 0.1) is 18.3 Å². The maximum Gasteiger partial charge on any atom is 0.303 e. The van der Waals surface area contributed by atoms with Crippen molar-refractivity contribution in [3.05, 3.63) is 0 Å². The van der Waals surface area contributed by atoms with Crippen LogP contribution in [0.2, 0.25) is 0 Å². The summed E-state index contributed by atoms with van der Waals surface area (Å²) in [5.74, 6) is 0.997. The summed E-state index contributed by atoms with van der Waals surface area (Å²) in [6, 6.07) is 0. The van der Waals surface area contributed by atoms with Crippen LogP contribution in [-0.4, -0.2) is 44.7 Å². The van der Waals surface area contributed by atoms with E-state index >= 15 is 0 Å². The van der Waals surface area contributed by atoms with Crippen LogP contribution in [0.15, 0.2) is 0 Å². The quantitative estimate of drug-likeness (QED) is 0.571. The zero-order valence-corrected chi connectivity index (χ0v) is 18.3. The van der Waals surface area contributed by atoms with E-state index in [1.54, 1.807) is 0 Å². The summed E-state index contributed by atoms with van der Waals surface area (Å²) in [7, 11) is 0. The van der Waals surface area contributed by atoms with E-state index in [9.17, 15) is 20.1 Å². The highest BCUT2D eigenvalue weighted by Crippen LogP contribution is 2.68. The summed E-state index contributed by atoms with van der Waals surface area (Å²) < 4.78 is 0. The lowest BCUT2D eigenvalue weighted by Gasteiger charge is -2.63. The normalized spacial score (nSPS) is 52.9. The van der Waals surface area contributed by atoms with Crippen LogP contribution in [0.4, 0.5) is 0 Å².